The van der Waals surface area contributed by atoms with E-state index >= 15 is 0 Å². The Labute approximate surface area is 177 Å². The van der Waals surface area contributed by atoms with Crippen LogP contribution in [0.15, 0.2) is 0 Å². The van der Waals surface area contributed by atoms with Gasteiger partial charge in [0.05, 0.1) is 6.04 Å². The van der Waals surface area contributed by atoms with Crippen LogP contribution in [-0.4, -0.2) is 81.3 Å². The van der Waals surface area contributed by atoms with Gasteiger partial charge in [0, 0.05) is 23.7 Å². The minimum atomic E-state index is -1.34. The van der Waals surface area contributed by atoms with E-state index in [9.17, 15) is 24.0 Å². The third kappa shape index (κ3) is 9.52. The van der Waals surface area contributed by atoms with Gasteiger partial charge in [-0.1, -0.05) is 0 Å². The summed E-state index contributed by atoms with van der Waals surface area (Å²) >= 11 is 11.7. The van der Waals surface area contributed by atoms with Gasteiger partial charge in [0.1, 0.15) is 18.1 Å². The molecule has 160 valence electrons. The minimum absolute atomic E-state index is 0.0384. The molecule has 7 N–H and O–H groups in total. The summed E-state index contributed by atoms with van der Waals surface area (Å²) in [7, 11) is 0. The zero-order valence-corrected chi connectivity index (χ0v) is 17.4. The first-order chi connectivity index (χ1) is 13.1. The maximum absolute atomic E-state index is 12.4. The molecule has 0 aliphatic heterocycles. The lowest BCUT2D eigenvalue weighted by Crippen LogP contribution is -2.58. The molecule has 0 aromatic heterocycles. The molecule has 0 bridgehead atoms. The summed E-state index contributed by atoms with van der Waals surface area (Å²) in [4.78, 5) is 58.3. The van der Waals surface area contributed by atoms with Crippen molar-refractivity contribution in [3.63, 3.8) is 0 Å². The largest absolute Gasteiger partial charge is 0.481 e. The monoisotopic (exact) mass is 456 g/mol. The molecule has 11 nitrogen and oxygen atoms in total. The Morgan fingerprint density at radius 2 is 1.21 bits per heavy atom. The number of hydrogen-bond donors (Lipinski definition) is 9. The maximum atomic E-state index is 12.4. The van der Waals surface area contributed by atoms with Gasteiger partial charge >= 0.3 is 11.9 Å². The van der Waals surface area contributed by atoms with Gasteiger partial charge in [0.25, 0.3) is 0 Å². The van der Waals surface area contributed by atoms with Gasteiger partial charge in [-0.2, -0.15) is 37.9 Å². The topological polar surface area (TPSA) is 188 Å². The molecule has 4 unspecified atom stereocenters. The highest BCUT2D eigenvalue weighted by molar-refractivity contribution is 7.80. The van der Waals surface area contributed by atoms with Gasteiger partial charge in [0.15, 0.2) is 0 Å². The number of carboxylic acid groups (broad SMARTS) is 2. The predicted molar refractivity (Wildman–Crippen MR) is 110 cm³/mol. The number of amides is 3. The van der Waals surface area contributed by atoms with Crippen LogP contribution < -0.4 is 21.7 Å². The lowest BCUT2D eigenvalue weighted by molar-refractivity contribution is -0.142. The Morgan fingerprint density at radius 3 is 1.64 bits per heavy atom. The molecule has 0 aromatic carbocycles. The Kier molecular flexibility index (Phi) is 12.7. The van der Waals surface area contributed by atoms with Crippen molar-refractivity contribution in [2.45, 2.75) is 37.0 Å². The van der Waals surface area contributed by atoms with Crippen molar-refractivity contribution < 1.29 is 34.2 Å². The predicted octanol–water partition coefficient (Wildman–Crippen LogP) is -2.49. The van der Waals surface area contributed by atoms with Crippen molar-refractivity contribution in [3.05, 3.63) is 0 Å². The van der Waals surface area contributed by atoms with Gasteiger partial charge in [-0.05, 0) is 6.42 Å². The second-order valence-electron chi connectivity index (χ2n) is 5.61. The Balaban J connectivity index is 5.20. The minimum Gasteiger partial charge on any atom is -0.481 e. The number of nitrogens with one attached hydrogen (secondary N) is 3. The van der Waals surface area contributed by atoms with Crippen LogP contribution in [0.3, 0.4) is 0 Å². The first-order valence-corrected chi connectivity index (χ1v) is 9.90. The van der Waals surface area contributed by atoms with Crippen LogP contribution in [0.25, 0.3) is 0 Å². The smallest absolute Gasteiger partial charge is 0.327 e. The molecule has 28 heavy (non-hydrogen) atoms. The van der Waals surface area contributed by atoms with Crippen molar-refractivity contribution in [2.24, 2.45) is 5.73 Å². The average Bonchev–Trinajstić information content (AvgIpc) is 2.65. The number of rotatable bonds is 13. The summed E-state index contributed by atoms with van der Waals surface area (Å²) in [6.07, 6.45) is -0.755. The summed E-state index contributed by atoms with van der Waals surface area (Å²) in [5.74, 6) is -5.21. The summed E-state index contributed by atoms with van der Waals surface area (Å²) in [5, 5.41) is 24.6. The SMILES string of the molecule is NC(CS)C(=O)NC(CS)C(=O)NC(CCC(=O)O)C(=O)NC(CS)C(=O)O. The summed E-state index contributed by atoms with van der Waals surface area (Å²) in [6.45, 7) is 0. The fraction of sp³-hybridized carbons (Fsp3) is 0.643. The van der Waals surface area contributed by atoms with E-state index in [4.69, 9.17) is 15.9 Å². The number of nitrogens with two attached hydrogens (primary N) is 1. The van der Waals surface area contributed by atoms with E-state index in [0.717, 1.165) is 0 Å². The molecule has 0 spiro atoms. The molecule has 0 saturated carbocycles. The van der Waals surface area contributed by atoms with E-state index in [0.29, 0.717) is 0 Å². The third-order valence-corrected chi connectivity index (χ3v) is 4.55. The Morgan fingerprint density at radius 1 is 0.750 bits per heavy atom. The van der Waals surface area contributed by atoms with E-state index in [1.165, 1.54) is 0 Å². The first kappa shape index (κ1) is 26.4. The van der Waals surface area contributed by atoms with Crippen molar-refractivity contribution >= 4 is 67.5 Å². The highest BCUT2D eigenvalue weighted by Gasteiger charge is 2.29. The molecule has 14 heteroatoms. The van der Waals surface area contributed by atoms with E-state index in [1.807, 2.05) is 0 Å². The van der Waals surface area contributed by atoms with Crippen molar-refractivity contribution in [1.29, 1.82) is 0 Å². The molecule has 0 aliphatic rings. The zero-order valence-electron chi connectivity index (χ0n) is 14.7. The Hall–Kier alpha value is -1.64. The van der Waals surface area contributed by atoms with Crippen LogP contribution in [0.1, 0.15) is 12.8 Å². The van der Waals surface area contributed by atoms with E-state index in [1.54, 1.807) is 0 Å². The van der Waals surface area contributed by atoms with Gasteiger partial charge in [-0.25, -0.2) is 4.79 Å². The van der Waals surface area contributed by atoms with Crippen molar-refractivity contribution in [1.82, 2.24) is 16.0 Å². The number of carboxylic acids is 2. The number of carbonyl (C=O) groups excluding carboxylic acids is 3. The average molecular weight is 457 g/mol. The maximum Gasteiger partial charge on any atom is 0.327 e. The fourth-order valence-corrected chi connectivity index (χ4v) is 2.49. The molecule has 0 heterocycles. The first-order valence-electron chi connectivity index (χ1n) is 8.01. The lowest BCUT2D eigenvalue weighted by atomic mass is 10.1. The highest BCUT2D eigenvalue weighted by atomic mass is 32.1. The van der Waals surface area contributed by atoms with Crippen LogP contribution >= 0.6 is 37.9 Å². The second kappa shape index (κ2) is 13.5. The van der Waals surface area contributed by atoms with Crippen LogP contribution in [-0.2, 0) is 24.0 Å². The molecule has 0 rings (SSSR count). The number of carbonyl (C=O) groups is 5. The van der Waals surface area contributed by atoms with Crippen LogP contribution in [0.5, 0.6) is 0 Å². The van der Waals surface area contributed by atoms with E-state index in [-0.39, 0.29) is 23.7 Å². The molecule has 0 saturated heterocycles. The lowest BCUT2D eigenvalue weighted by Gasteiger charge is -2.23. The molecular weight excluding hydrogens is 432 g/mol. The third-order valence-electron chi connectivity index (χ3n) is 3.43. The Bertz CT molecular complexity index is 593. The summed E-state index contributed by atoms with van der Waals surface area (Å²) in [5.41, 5.74) is 5.51. The fourth-order valence-electron chi connectivity index (χ4n) is 1.82. The van der Waals surface area contributed by atoms with Crippen LogP contribution in [0, 0.1) is 0 Å². The summed E-state index contributed by atoms with van der Waals surface area (Å²) in [6, 6.07) is -4.78. The van der Waals surface area contributed by atoms with Crippen molar-refractivity contribution in [3.8, 4) is 0 Å². The van der Waals surface area contributed by atoms with Gasteiger partial charge in [0.2, 0.25) is 17.7 Å². The van der Waals surface area contributed by atoms with Crippen molar-refractivity contribution in [2.75, 3.05) is 17.3 Å². The van der Waals surface area contributed by atoms with Gasteiger partial charge in [-0.15, -0.1) is 0 Å². The molecule has 0 fully saturated rings. The number of hydrogen-bond acceptors (Lipinski definition) is 9. The molecule has 4 atom stereocenters. The van der Waals surface area contributed by atoms with Gasteiger partial charge in [-0.3, -0.25) is 19.2 Å². The molecular formula is C14H24N4O7S3. The molecule has 3 amide bonds. The number of aliphatic carboxylic acids is 2. The second-order valence-corrected chi connectivity index (χ2v) is 6.70. The van der Waals surface area contributed by atoms with Gasteiger partial charge < -0.3 is 31.9 Å². The van der Waals surface area contributed by atoms with E-state index < -0.39 is 60.2 Å². The van der Waals surface area contributed by atoms with Crippen LogP contribution in [0.4, 0.5) is 0 Å². The summed E-state index contributed by atoms with van der Waals surface area (Å²) < 4.78 is 0. The highest BCUT2D eigenvalue weighted by Crippen LogP contribution is 2.02. The van der Waals surface area contributed by atoms with Crippen LogP contribution in [0.2, 0.25) is 0 Å². The quantitative estimate of drug-likeness (QED) is 0.136. The zero-order chi connectivity index (χ0) is 21.9. The molecule has 0 radical (unpaired) electrons. The standard InChI is InChI=1S/C14H24N4O7S3/c15-6(3-26)11(21)17-8(4-27)13(23)16-7(1-2-10(19)20)12(22)18-9(5-28)14(24)25/h6-9,26-28H,1-5,15H2,(H,16,23)(H,17,21)(H,18,22)(H,19,20)(H,24,25). The molecule has 0 aromatic rings. The normalized spacial score (nSPS) is 14.9. The molecule has 0 aliphatic carbocycles. The number of thiol groups is 3. The van der Waals surface area contributed by atoms with E-state index in [2.05, 4.69) is 53.8 Å².